The van der Waals surface area contributed by atoms with E-state index in [1.54, 1.807) is 6.07 Å². The molecule has 0 aliphatic heterocycles. The maximum Gasteiger partial charge on any atom is 0.269 e. The molecule has 1 aromatic heterocycles. The number of nitrogens with zero attached hydrogens (tertiary/aromatic N) is 3. The molecule has 1 heterocycles. The molecule has 1 atom stereocenters. The fourth-order valence-corrected chi connectivity index (χ4v) is 2.77. The molecule has 0 radical (unpaired) electrons. The van der Waals surface area contributed by atoms with Gasteiger partial charge in [-0.3, -0.25) is 10.1 Å². The van der Waals surface area contributed by atoms with Crippen molar-refractivity contribution in [2.75, 3.05) is 12.4 Å². The molecular formula is C18H17FN4O3. The van der Waals surface area contributed by atoms with Gasteiger partial charge in [-0.2, -0.15) is 0 Å². The molecule has 0 saturated carbocycles. The van der Waals surface area contributed by atoms with E-state index in [0.717, 1.165) is 5.56 Å². The number of aromatic nitrogens is 2. The van der Waals surface area contributed by atoms with Crippen LogP contribution in [0.3, 0.4) is 0 Å². The van der Waals surface area contributed by atoms with Gasteiger partial charge in [-0.1, -0.05) is 19.1 Å². The summed E-state index contributed by atoms with van der Waals surface area (Å²) in [6, 6.07) is 9.06. The van der Waals surface area contributed by atoms with E-state index in [2.05, 4.69) is 15.3 Å². The van der Waals surface area contributed by atoms with E-state index in [0.29, 0.717) is 23.1 Å². The summed E-state index contributed by atoms with van der Waals surface area (Å²) < 4.78 is 18.9. The molecule has 3 rings (SSSR count). The molecule has 0 aliphatic rings. The standard InChI is InChI=1S/C18H17FN4O3/c1-3-15(11-5-4-6-12(7-11)23(24)25)22-18-13-8-17(26-2)14(19)9-16(13)20-10-21-18/h4-10,15H,3H2,1-2H3,(H,20,21,22). The Morgan fingerprint density at radius 2 is 2.12 bits per heavy atom. The van der Waals surface area contributed by atoms with Gasteiger partial charge < -0.3 is 10.1 Å². The van der Waals surface area contributed by atoms with Gasteiger partial charge in [0.1, 0.15) is 12.1 Å². The molecule has 26 heavy (non-hydrogen) atoms. The van der Waals surface area contributed by atoms with Crippen LogP contribution in [0.2, 0.25) is 0 Å². The SMILES string of the molecule is CCC(Nc1ncnc2cc(F)c(OC)cc12)c1cccc([N+](=O)[O-])c1. The lowest BCUT2D eigenvalue weighted by Crippen LogP contribution is -2.11. The van der Waals surface area contributed by atoms with Crippen LogP contribution in [0.25, 0.3) is 10.9 Å². The van der Waals surface area contributed by atoms with Gasteiger partial charge in [0, 0.05) is 23.6 Å². The van der Waals surface area contributed by atoms with Crippen molar-refractivity contribution in [1.82, 2.24) is 9.97 Å². The van der Waals surface area contributed by atoms with Crippen molar-refractivity contribution in [3.05, 3.63) is 64.2 Å². The van der Waals surface area contributed by atoms with E-state index in [-0.39, 0.29) is 17.5 Å². The third-order valence-corrected chi connectivity index (χ3v) is 4.11. The Morgan fingerprint density at radius 3 is 2.81 bits per heavy atom. The molecule has 0 amide bonds. The summed E-state index contributed by atoms with van der Waals surface area (Å²) in [7, 11) is 1.39. The Morgan fingerprint density at radius 1 is 1.31 bits per heavy atom. The normalized spacial score (nSPS) is 12.0. The largest absolute Gasteiger partial charge is 0.494 e. The monoisotopic (exact) mass is 356 g/mol. The minimum absolute atomic E-state index is 0.0269. The highest BCUT2D eigenvalue weighted by atomic mass is 19.1. The average Bonchev–Trinajstić information content (AvgIpc) is 2.65. The van der Waals surface area contributed by atoms with Crippen LogP contribution in [0.15, 0.2) is 42.7 Å². The van der Waals surface area contributed by atoms with Crippen molar-refractivity contribution >= 4 is 22.4 Å². The highest BCUT2D eigenvalue weighted by Crippen LogP contribution is 2.31. The van der Waals surface area contributed by atoms with E-state index >= 15 is 0 Å². The van der Waals surface area contributed by atoms with Crippen LogP contribution in [0, 0.1) is 15.9 Å². The molecule has 1 N–H and O–H groups in total. The average molecular weight is 356 g/mol. The maximum absolute atomic E-state index is 13.9. The van der Waals surface area contributed by atoms with Gasteiger partial charge in [0.2, 0.25) is 0 Å². The zero-order chi connectivity index (χ0) is 18.7. The Bertz CT molecular complexity index is 964. The molecule has 1 unspecified atom stereocenters. The van der Waals surface area contributed by atoms with Crippen molar-refractivity contribution in [3.63, 3.8) is 0 Å². The molecule has 8 heteroatoms. The number of hydrogen-bond acceptors (Lipinski definition) is 6. The Kier molecular flexibility index (Phi) is 4.92. The van der Waals surface area contributed by atoms with Crippen LogP contribution in [-0.2, 0) is 0 Å². The topological polar surface area (TPSA) is 90.2 Å². The summed E-state index contributed by atoms with van der Waals surface area (Å²) in [5, 5.41) is 14.9. The summed E-state index contributed by atoms with van der Waals surface area (Å²) in [5.74, 6) is 0.0979. The number of anilines is 1. The second kappa shape index (κ2) is 7.30. The fourth-order valence-electron chi connectivity index (χ4n) is 2.77. The molecule has 2 aromatic carbocycles. The first-order valence-electron chi connectivity index (χ1n) is 8.02. The van der Waals surface area contributed by atoms with Crippen molar-refractivity contribution in [2.24, 2.45) is 0 Å². The van der Waals surface area contributed by atoms with Crippen LogP contribution in [0.5, 0.6) is 5.75 Å². The maximum atomic E-state index is 13.9. The van der Waals surface area contributed by atoms with Gasteiger partial charge in [0.25, 0.3) is 5.69 Å². The second-order valence-corrected chi connectivity index (χ2v) is 5.68. The molecule has 0 bridgehead atoms. The molecule has 7 nitrogen and oxygen atoms in total. The Hall–Kier alpha value is -3.29. The number of halogens is 1. The minimum Gasteiger partial charge on any atom is -0.494 e. The Balaban J connectivity index is 2.01. The highest BCUT2D eigenvalue weighted by Gasteiger charge is 2.16. The highest BCUT2D eigenvalue weighted by molar-refractivity contribution is 5.90. The summed E-state index contributed by atoms with van der Waals surface area (Å²) in [4.78, 5) is 18.9. The predicted octanol–water partition coefficient (Wildman–Crippen LogP) is 4.25. The van der Waals surface area contributed by atoms with E-state index in [4.69, 9.17) is 4.74 Å². The number of methoxy groups -OCH3 is 1. The van der Waals surface area contributed by atoms with Gasteiger partial charge in [0.05, 0.1) is 23.6 Å². The Labute approximate surface area is 149 Å². The van der Waals surface area contributed by atoms with Gasteiger partial charge in [-0.25, -0.2) is 14.4 Å². The minimum atomic E-state index is -0.504. The smallest absolute Gasteiger partial charge is 0.269 e. The number of ether oxygens (including phenoxy) is 1. The number of fused-ring (bicyclic) bond motifs is 1. The van der Waals surface area contributed by atoms with Gasteiger partial charge in [-0.15, -0.1) is 0 Å². The second-order valence-electron chi connectivity index (χ2n) is 5.68. The first kappa shape index (κ1) is 17.5. The zero-order valence-electron chi connectivity index (χ0n) is 14.3. The van der Waals surface area contributed by atoms with E-state index in [1.165, 1.54) is 37.7 Å². The molecule has 0 aliphatic carbocycles. The summed E-state index contributed by atoms with van der Waals surface area (Å²) in [5.41, 5.74) is 1.23. The lowest BCUT2D eigenvalue weighted by molar-refractivity contribution is -0.384. The van der Waals surface area contributed by atoms with Crippen LogP contribution < -0.4 is 10.1 Å². The van der Waals surface area contributed by atoms with Crippen LogP contribution in [0.4, 0.5) is 15.9 Å². The first-order chi connectivity index (χ1) is 12.5. The molecule has 0 spiro atoms. The van der Waals surface area contributed by atoms with Crippen molar-refractivity contribution in [3.8, 4) is 5.75 Å². The molecule has 0 fully saturated rings. The van der Waals surface area contributed by atoms with Crippen molar-refractivity contribution in [1.29, 1.82) is 0 Å². The number of non-ortho nitro benzene ring substituents is 1. The van der Waals surface area contributed by atoms with Crippen molar-refractivity contribution < 1.29 is 14.1 Å². The third-order valence-electron chi connectivity index (χ3n) is 4.11. The zero-order valence-corrected chi connectivity index (χ0v) is 14.3. The molecular weight excluding hydrogens is 339 g/mol. The van der Waals surface area contributed by atoms with Crippen LogP contribution >= 0.6 is 0 Å². The lowest BCUT2D eigenvalue weighted by atomic mass is 10.0. The molecule has 3 aromatic rings. The van der Waals surface area contributed by atoms with Gasteiger partial charge in [-0.05, 0) is 18.1 Å². The molecule has 134 valence electrons. The van der Waals surface area contributed by atoms with Gasteiger partial charge in [0.15, 0.2) is 11.6 Å². The number of hydrogen-bond donors (Lipinski definition) is 1. The van der Waals surface area contributed by atoms with Crippen molar-refractivity contribution in [2.45, 2.75) is 19.4 Å². The van der Waals surface area contributed by atoms with E-state index < -0.39 is 10.7 Å². The number of nitro benzene ring substituents is 1. The summed E-state index contributed by atoms with van der Waals surface area (Å²) >= 11 is 0. The summed E-state index contributed by atoms with van der Waals surface area (Å²) in [6.07, 6.45) is 2.02. The van der Waals surface area contributed by atoms with Crippen LogP contribution in [0.1, 0.15) is 24.9 Å². The third kappa shape index (κ3) is 3.39. The van der Waals surface area contributed by atoms with Gasteiger partial charge >= 0.3 is 0 Å². The quantitative estimate of drug-likeness (QED) is 0.524. The van der Waals surface area contributed by atoms with E-state index in [9.17, 15) is 14.5 Å². The number of rotatable bonds is 6. The number of benzene rings is 2. The predicted molar refractivity (Wildman–Crippen MR) is 95.8 cm³/mol. The molecule has 0 saturated heterocycles. The van der Waals surface area contributed by atoms with E-state index in [1.807, 2.05) is 13.0 Å². The number of nitro groups is 1. The lowest BCUT2D eigenvalue weighted by Gasteiger charge is -2.19. The first-order valence-corrected chi connectivity index (χ1v) is 8.02. The van der Waals surface area contributed by atoms with Crippen LogP contribution in [-0.4, -0.2) is 22.0 Å². The summed E-state index contributed by atoms with van der Waals surface area (Å²) in [6.45, 7) is 1.96. The number of nitrogens with one attached hydrogen (secondary N) is 1. The fraction of sp³-hybridized carbons (Fsp3) is 0.222.